The highest BCUT2D eigenvalue weighted by molar-refractivity contribution is 7.07. The number of anilines is 2. The molecule has 1 fully saturated rings. The summed E-state index contributed by atoms with van der Waals surface area (Å²) >= 11 is 1.71. The lowest BCUT2D eigenvalue weighted by Crippen LogP contribution is -2.34. The fourth-order valence-corrected chi connectivity index (χ4v) is 3.31. The Kier molecular flexibility index (Phi) is 4.72. The van der Waals surface area contributed by atoms with Gasteiger partial charge < -0.3 is 15.3 Å². The summed E-state index contributed by atoms with van der Waals surface area (Å²) in [5.41, 5.74) is 2.46. The number of piperidine rings is 1. The van der Waals surface area contributed by atoms with Gasteiger partial charge in [0.25, 0.3) is 0 Å². The van der Waals surface area contributed by atoms with E-state index in [-0.39, 0.29) is 0 Å². The van der Waals surface area contributed by atoms with Crippen LogP contribution in [0.2, 0.25) is 0 Å². The quantitative estimate of drug-likeness (QED) is 0.891. The number of aliphatic hydroxyl groups is 1. The number of rotatable bonds is 5. The molecule has 4 nitrogen and oxygen atoms in total. The highest BCUT2D eigenvalue weighted by Gasteiger charge is 2.18. The molecule has 0 aromatic carbocycles. The normalized spacial score (nSPS) is 16.1. The molecule has 2 aromatic rings. The molecule has 2 N–H and O–H groups in total. The average molecular weight is 303 g/mol. The van der Waals surface area contributed by atoms with Crippen LogP contribution in [-0.2, 0) is 6.54 Å². The first-order valence-electron chi connectivity index (χ1n) is 7.42. The summed E-state index contributed by atoms with van der Waals surface area (Å²) in [6.07, 6.45) is 4.07. The Labute approximate surface area is 129 Å². The Bertz CT molecular complexity index is 533. The van der Waals surface area contributed by atoms with Gasteiger partial charge in [-0.3, -0.25) is 0 Å². The fourth-order valence-electron chi connectivity index (χ4n) is 2.64. The summed E-state index contributed by atoms with van der Waals surface area (Å²) in [6, 6.07) is 6.29. The van der Waals surface area contributed by atoms with Crippen LogP contribution in [0.5, 0.6) is 0 Å². The number of hydrogen-bond donors (Lipinski definition) is 2. The predicted molar refractivity (Wildman–Crippen MR) is 87.9 cm³/mol. The Morgan fingerprint density at radius 1 is 1.29 bits per heavy atom. The van der Waals surface area contributed by atoms with Gasteiger partial charge in [-0.15, -0.1) is 0 Å². The van der Waals surface area contributed by atoms with Gasteiger partial charge in [0, 0.05) is 26.2 Å². The molecule has 0 radical (unpaired) electrons. The average Bonchev–Trinajstić information content (AvgIpc) is 3.07. The van der Waals surface area contributed by atoms with Gasteiger partial charge >= 0.3 is 0 Å². The van der Waals surface area contributed by atoms with Crippen LogP contribution >= 0.6 is 11.3 Å². The third kappa shape index (κ3) is 3.74. The van der Waals surface area contributed by atoms with E-state index in [1.165, 1.54) is 11.3 Å². The SMILES string of the molecule is OCC1CCN(c2ccc(NCc3ccsc3)nc2)CC1. The van der Waals surface area contributed by atoms with E-state index >= 15 is 0 Å². The van der Waals surface area contributed by atoms with E-state index < -0.39 is 0 Å². The first kappa shape index (κ1) is 14.4. The zero-order chi connectivity index (χ0) is 14.5. The van der Waals surface area contributed by atoms with Crippen LogP contribution in [0.3, 0.4) is 0 Å². The van der Waals surface area contributed by atoms with E-state index in [0.717, 1.165) is 38.3 Å². The number of pyridine rings is 1. The maximum atomic E-state index is 9.18. The van der Waals surface area contributed by atoms with E-state index in [0.29, 0.717) is 12.5 Å². The minimum absolute atomic E-state index is 0.317. The van der Waals surface area contributed by atoms with Gasteiger partial charge in [0.15, 0.2) is 0 Å². The van der Waals surface area contributed by atoms with Crippen molar-refractivity contribution in [2.75, 3.05) is 29.9 Å². The molecule has 5 heteroatoms. The van der Waals surface area contributed by atoms with E-state index in [1.54, 1.807) is 11.3 Å². The van der Waals surface area contributed by atoms with E-state index in [9.17, 15) is 5.11 Å². The van der Waals surface area contributed by atoms with Crippen LogP contribution in [0, 0.1) is 5.92 Å². The molecule has 0 bridgehead atoms. The van der Waals surface area contributed by atoms with Crippen molar-refractivity contribution < 1.29 is 5.11 Å². The predicted octanol–water partition coefficient (Wildman–Crippen LogP) is 2.96. The molecular formula is C16H21N3OS. The zero-order valence-corrected chi connectivity index (χ0v) is 12.9. The van der Waals surface area contributed by atoms with Gasteiger partial charge in [0.1, 0.15) is 5.82 Å². The van der Waals surface area contributed by atoms with Crippen LogP contribution in [0.4, 0.5) is 11.5 Å². The van der Waals surface area contributed by atoms with Crippen molar-refractivity contribution in [1.82, 2.24) is 4.98 Å². The highest BCUT2D eigenvalue weighted by Crippen LogP contribution is 2.23. The Morgan fingerprint density at radius 3 is 2.76 bits per heavy atom. The second-order valence-corrected chi connectivity index (χ2v) is 6.28. The van der Waals surface area contributed by atoms with Crippen LogP contribution in [0.1, 0.15) is 18.4 Å². The smallest absolute Gasteiger partial charge is 0.126 e. The van der Waals surface area contributed by atoms with Crippen molar-refractivity contribution in [2.24, 2.45) is 5.92 Å². The molecule has 0 saturated carbocycles. The topological polar surface area (TPSA) is 48.4 Å². The van der Waals surface area contributed by atoms with Crippen LogP contribution in [0.25, 0.3) is 0 Å². The molecule has 1 aliphatic rings. The minimum Gasteiger partial charge on any atom is -0.396 e. The molecular weight excluding hydrogens is 282 g/mol. The molecule has 21 heavy (non-hydrogen) atoms. The molecule has 2 aromatic heterocycles. The van der Waals surface area contributed by atoms with Crippen LogP contribution < -0.4 is 10.2 Å². The third-order valence-corrected chi connectivity index (χ3v) is 4.77. The van der Waals surface area contributed by atoms with Gasteiger partial charge in [-0.25, -0.2) is 4.98 Å². The standard InChI is InChI=1S/C16H21N3OS/c20-11-13-3-6-19(7-4-13)15-1-2-16(18-10-15)17-9-14-5-8-21-12-14/h1-2,5,8,10,12-13,20H,3-4,6-7,9,11H2,(H,17,18). The number of nitrogens with one attached hydrogen (secondary N) is 1. The minimum atomic E-state index is 0.317. The second-order valence-electron chi connectivity index (χ2n) is 5.50. The van der Waals surface area contributed by atoms with E-state index in [2.05, 4.69) is 38.1 Å². The summed E-state index contributed by atoms with van der Waals surface area (Å²) in [5, 5.41) is 16.8. The summed E-state index contributed by atoms with van der Waals surface area (Å²) in [7, 11) is 0. The number of thiophene rings is 1. The van der Waals surface area contributed by atoms with Crippen molar-refractivity contribution in [3.8, 4) is 0 Å². The van der Waals surface area contributed by atoms with Gasteiger partial charge in [-0.1, -0.05) is 0 Å². The van der Waals surface area contributed by atoms with Crippen molar-refractivity contribution in [3.05, 3.63) is 40.7 Å². The summed E-state index contributed by atoms with van der Waals surface area (Å²) < 4.78 is 0. The summed E-state index contributed by atoms with van der Waals surface area (Å²) in [4.78, 5) is 6.84. The molecule has 0 amide bonds. The summed E-state index contributed by atoms with van der Waals surface area (Å²) in [6.45, 7) is 3.15. The molecule has 3 rings (SSSR count). The fraction of sp³-hybridized carbons (Fsp3) is 0.438. The molecule has 3 heterocycles. The number of nitrogens with zero attached hydrogens (tertiary/aromatic N) is 2. The Balaban J connectivity index is 1.54. The van der Waals surface area contributed by atoms with Crippen LogP contribution in [-0.4, -0.2) is 29.8 Å². The van der Waals surface area contributed by atoms with Crippen LogP contribution in [0.15, 0.2) is 35.2 Å². The highest BCUT2D eigenvalue weighted by atomic mass is 32.1. The monoisotopic (exact) mass is 303 g/mol. The second kappa shape index (κ2) is 6.91. The van der Waals surface area contributed by atoms with Gasteiger partial charge in [0.05, 0.1) is 11.9 Å². The first-order valence-corrected chi connectivity index (χ1v) is 8.36. The van der Waals surface area contributed by atoms with Gasteiger partial charge in [0.2, 0.25) is 0 Å². The Morgan fingerprint density at radius 2 is 2.14 bits per heavy atom. The van der Waals surface area contributed by atoms with E-state index in [4.69, 9.17) is 0 Å². The molecule has 0 spiro atoms. The number of hydrogen-bond acceptors (Lipinski definition) is 5. The number of aromatic nitrogens is 1. The first-order chi connectivity index (χ1) is 10.3. The molecule has 0 aliphatic carbocycles. The molecule has 0 atom stereocenters. The summed E-state index contributed by atoms with van der Waals surface area (Å²) in [5.74, 6) is 1.39. The third-order valence-electron chi connectivity index (χ3n) is 4.04. The molecule has 1 saturated heterocycles. The molecule has 1 aliphatic heterocycles. The van der Waals surface area contributed by atoms with Gasteiger partial charge in [-0.2, -0.15) is 11.3 Å². The number of aliphatic hydroxyl groups excluding tert-OH is 1. The molecule has 0 unspecified atom stereocenters. The largest absolute Gasteiger partial charge is 0.396 e. The van der Waals surface area contributed by atoms with Crippen molar-refractivity contribution >= 4 is 22.8 Å². The lowest BCUT2D eigenvalue weighted by molar-refractivity contribution is 0.203. The van der Waals surface area contributed by atoms with E-state index in [1.807, 2.05) is 12.3 Å². The van der Waals surface area contributed by atoms with Crippen molar-refractivity contribution in [1.29, 1.82) is 0 Å². The molecule has 112 valence electrons. The zero-order valence-electron chi connectivity index (χ0n) is 12.0. The maximum Gasteiger partial charge on any atom is 0.126 e. The van der Waals surface area contributed by atoms with Gasteiger partial charge in [-0.05, 0) is 53.3 Å². The Hall–Kier alpha value is -1.59. The maximum absolute atomic E-state index is 9.18. The van der Waals surface area contributed by atoms with Crippen molar-refractivity contribution in [3.63, 3.8) is 0 Å². The lowest BCUT2D eigenvalue weighted by Gasteiger charge is -2.32. The lowest BCUT2D eigenvalue weighted by atomic mass is 9.98. The van der Waals surface area contributed by atoms with Crippen molar-refractivity contribution in [2.45, 2.75) is 19.4 Å².